The van der Waals surface area contributed by atoms with Gasteiger partial charge in [-0.05, 0) is 30.3 Å². The fourth-order valence-electron chi connectivity index (χ4n) is 3.50. The number of halogens is 6. The van der Waals surface area contributed by atoms with Crippen molar-refractivity contribution in [1.29, 1.82) is 0 Å². The van der Waals surface area contributed by atoms with Crippen LogP contribution in [0.4, 0.5) is 37.7 Å². The monoisotopic (exact) mass is 491 g/mol. The molecule has 184 valence electrons. The number of esters is 1. The van der Waals surface area contributed by atoms with Crippen molar-refractivity contribution in [3.05, 3.63) is 69.3 Å². The molecule has 1 heterocycles. The molecule has 2 aromatic rings. The van der Waals surface area contributed by atoms with Crippen molar-refractivity contribution >= 4 is 17.3 Å². The predicted molar refractivity (Wildman–Crippen MR) is 108 cm³/mol. The molecule has 0 unspecified atom stereocenters. The standard InChI is InChI=1S/C21H19F6N3O4/c22-20(23,24)15-3-1-2-14(12-15)19(31)34-11-10-28-6-8-29(9-7-28)17-5-4-16(21(25,26)27)13-18(17)30(32)33/h1-5,12-13H,6-11H2. The third kappa shape index (κ3) is 6.16. The molecule has 1 saturated heterocycles. The first-order chi connectivity index (χ1) is 15.9. The highest BCUT2D eigenvalue weighted by molar-refractivity contribution is 5.89. The maximum absolute atomic E-state index is 12.9. The number of hydrogen-bond donors (Lipinski definition) is 0. The van der Waals surface area contributed by atoms with E-state index in [9.17, 15) is 41.3 Å². The van der Waals surface area contributed by atoms with Crippen molar-refractivity contribution in [3.63, 3.8) is 0 Å². The topological polar surface area (TPSA) is 75.9 Å². The fourth-order valence-corrected chi connectivity index (χ4v) is 3.50. The Balaban J connectivity index is 1.53. The first kappa shape index (κ1) is 25.3. The molecule has 0 radical (unpaired) electrons. The van der Waals surface area contributed by atoms with E-state index in [-0.39, 0.29) is 37.5 Å². The summed E-state index contributed by atoms with van der Waals surface area (Å²) in [6.07, 6.45) is -9.29. The lowest BCUT2D eigenvalue weighted by Crippen LogP contribution is -2.47. The van der Waals surface area contributed by atoms with Crippen molar-refractivity contribution in [2.75, 3.05) is 44.2 Å². The van der Waals surface area contributed by atoms with Crippen molar-refractivity contribution in [1.82, 2.24) is 4.90 Å². The third-order valence-corrected chi connectivity index (χ3v) is 5.28. The summed E-state index contributed by atoms with van der Waals surface area (Å²) in [5, 5.41) is 11.3. The van der Waals surface area contributed by atoms with E-state index < -0.39 is 40.1 Å². The summed E-state index contributed by atoms with van der Waals surface area (Å²) in [6, 6.07) is 6.26. The van der Waals surface area contributed by atoms with Crippen LogP contribution in [0.5, 0.6) is 0 Å². The molecular formula is C21H19F6N3O4. The van der Waals surface area contributed by atoms with Gasteiger partial charge in [-0.3, -0.25) is 15.0 Å². The lowest BCUT2D eigenvalue weighted by molar-refractivity contribution is -0.384. The summed E-state index contributed by atoms with van der Waals surface area (Å²) >= 11 is 0. The first-order valence-electron chi connectivity index (χ1n) is 10.0. The quantitative estimate of drug-likeness (QED) is 0.254. The molecule has 0 aromatic heterocycles. The number of carbonyl (C=O) groups excluding carboxylic acids is 1. The minimum atomic E-state index is -4.70. The second-order valence-electron chi connectivity index (χ2n) is 7.50. The Morgan fingerprint density at radius 1 is 0.941 bits per heavy atom. The average molecular weight is 491 g/mol. The molecule has 2 aromatic carbocycles. The minimum Gasteiger partial charge on any atom is -0.461 e. The number of ether oxygens (including phenoxy) is 1. The van der Waals surface area contributed by atoms with Gasteiger partial charge in [0.05, 0.1) is 21.6 Å². The van der Waals surface area contributed by atoms with Crippen LogP contribution < -0.4 is 4.90 Å². The number of piperazine rings is 1. The molecule has 0 N–H and O–H groups in total. The van der Waals surface area contributed by atoms with Gasteiger partial charge in [-0.15, -0.1) is 0 Å². The lowest BCUT2D eigenvalue weighted by Gasteiger charge is -2.35. The number of anilines is 1. The van der Waals surface area contributed by atoms with Gasteiger partial charge in [0, 0.05) is 38.8 Å². The Morgan fingerprint density at radius 2 is 1.56 bits per heavy atom. The molecule has 1 fully saturated rings. The number of hydrogen-bond acceptors (Lipinski definition) is 6. The van der Waals surface area contributed by atoms with Gasteiger partial charge >= 0.3 is 18.3 Å². The smallest absolute Gasteiger partial charge is 0.416 e. The molecule has 0 aliphatic carbocycles. The summed E-state index contributed by atoms with van der Waals surface area (Å²) < 4.78 is 82.0. The molecule has 0 spiro atoms. The first-order valence-corrected chi connectivity index (χ1v) is 10.0. The van der Waals surface area contributed by atoms with Gasteiger partial charge in [-0.2, -0.15) is 26.3 Å². The van der Waals surface area contributed by atoms with Crippen LogP contribution in [0, 0.1) is 10.1 Å². The van der Waals surface area contributed by atoms with Crippen molar-refractivity contribution < 1.29 is 40.8 Å². The highest BCUT2D eigenvalue weighted by Crippen LogP contribution is 2.36. The summed E-state index contributed by atoms with van der Waals surface area (Å²) in [5.74, 6) is -0.898. The third-order valence-electron chi connectivity index (χ3n) is 5.28. The molecule has 7 nitrogen and oxygen atoms in total. The molecule has 13 heteroatoms. The van der Waals surface area contributed by atoms with Gasteiger partial charge in [-0.1, -0.05) is 6.07 Å². The maximum Gasteiger partial charge on any atom is 0.416 e. The lowest BCUT2D eigenvalue weighted by atomic mass is 10.1. The van der Waals surface area contributed by atoms with Gasteiger partial charge in [0.15, 0.2) is 0 Å². The van der Waals surface area contributed by atoms with E-state index in [4.69, 9.17) is 4.74 Å². The van der Waals surface area contributed by atoms with Gasteiger partial charge in [-0.25, -0.2) is 4.79 Å². The predicted octanol–water partition coefficient (Wildman–Crippen LogP) is 4.61. The van der Waals surface area contributed by atoms with E-state index in [0.29, 0.717) is 25.2 Å². The Kier molecular flexibility index (Phi) is 7.34. The van der Waals surface area contributed by atoms with Gasteiger partial charge in [0.25, 0.3) is 5.69 Å². The van der Waals surface area contributed by atoms with Crippen LogP contribution in [0.25, 0.3) is 0 Å². The molecule has 0 amide bonds. The van der Waals surface area contributed by atoms with Crippen LogP contribution in [0.1, 0.15) is 21.5 Å². The Hall–Kier alpha value is -3.35. The van der Waals surface area contributed by atoms with Crippen LogP contribution in [-0.2, 0) is 17.1 Å². The van der Waals surface area contributed by atoms with Crippen LogP contribution in [-0.4, -0.2) is 55.1 Å². The molecule has 34 heavy (non-hydrogen) atoms. The van der Waals surface area contributed by atoms with Gasteiger partial charge in [0.2, 0.25) is 0 Å². The van der Waals surface area contributed by atoms with Crippen molar-refractivity contribution in [3.8, 4) is 0 Å². The number of nitro benzene ring substituents is 1. The zero-order valence-electron chi connectivity index (χ0n) is 17.5. The highest BCUT2D eigenvalue weighted by atomic mass is 19.4. The molecule has 3 rings (SSSR count). The fraction of sp³-hybridized carbons (Fsp3) is 0.381. The van der Waals surface area contributed by atoms with Crippen molar-refractivity contribution in [2.24, 2.45) is 0 Å². The zero-order chi connectivity index (χ0) is 25.1. The highest BCUT2D eigenvalue weighted by Gasteiger charge is 2.34. The summed E-state index contributed by atoms with van der Waals surface area (Å²) in [7, 11) is 0. The van der Waals surface area contributed by atoms with Gasteiger partial charge < -0.3 is 9.64 Å². The largest absolute Gasteiger partial charge is 0.461 e. The zero-order valence-corrected chi connectivity index (χ0v) is 17.5. The van der Waals surface area contributed by atoms with E-state index in [2.05, 4.69) is 0 Å². The number of nitrogens with zero attached hydrogens (tertiary/aromatic N) is 3. The maximum atomic E-state index is 12.9. The van der Waals surface area contributed by atoms with E-state index in [1.807, 2.05) is 4.90 Å². The number of alkyl halides is 6. The van der Waals surface area contributed by atoms with E-state index in [0.717, 1.165) is 24.3 Å². The number of carbonyl (C=O) groups is 1. The second-order valence-corrected chi connectivity index (χ2v) is 7.50. The average Bonchev–Trinajstić information content (AvgIpc) is 2.78. The van der Waals surface area contributed by atoms with E-state index in [1.165, 1.54) is 6.07 Å². The normalized spacial score (nSPS) is 15.3. The number of rotatable bonds is 6. The minimum absolute atomic E-state index is 0.0774. The van der Waals surface area contributed by atoms with Crippen LogP contribution in [0.3, 0.4) is 0 Å². The number of benzene rings is 2. The van der Waals surface area contributed by atoms with Gasteiger partial charge in [0.1, 0.15) is 12.3 Å². The van der Waals surface area contributed by atoms with Crippen LogP contribution in [0.2, 0.25) is 0 Å². The molecule has 0 atom stereocenters. The summed E-state index contributed by atoms with van der Waals surface area (Å²) in [4.78, 5) is 25.9. The number of nitro groups is 1. The molecule has 0 bridgehead atoms. The Morgan fingerprint density at radius 3 is 2.15 bits per heavy atom. The molecule has 1 aliphatic rings. The molecular weight excluding hydrogens is 472 g/mol. The van der Waals surface area contributed by atoms with E-state index >= 15 is 0 Å². The SMILES string of the molecule is O=C(OCCN1CCN(c2ccc(C(F)(F)F)cc2[N+](=O)[O-])CC1)c1cccc(C(F)(F)F)c1. The summed E-state index contributed by atoms with van der Waals surface area (Å²) in [5.41, 5.74) is -2.86. The van der Waals surface area contributed by atoms with Crippen LogP contribution in [0.15, 0.2) is 42.5 Å². The second kappa shape index (κ2) is 9.87. The summed E-state index contributed by atoms with van der Waals surface area (Å²) in [6.45, 7) is 1.53. The van der Waals surface area contributed by atoms with Crippen LogP contribution >= 0.6 is 0 Å². The Bertz CT molecular complexity index is 1050. The molecule has 1 aliphatic heterocycles. The van der Waals surface area contributed by atoms with E-state index in [1.54, 1.807) is 4.90 Å². The molecule has 0 saturated carbocycles. The van der Waals surface area contributed by atoms with Crippen molar-refractivity contribution in [2.45, 2.75) is 12.4 Å². The Labute approximate surface area is 189 Å².